The van der Waals surface area contributed by atoms with Crippen LogP contribution in [0, 0.1) is 0 Å². The monoisotopic (exact) mass is 244 g/mol. The van der Waals surface area contributed by atoms with Gasteiger partial charge in [0, 0.05) is 0 Å². The molecule has 2 aromatic rings. The summed E-state index contributed by atoms with van der Waals surface area (Å²) < 4.78 is 15.7. The summed E-state index contributed by atoms with van der Waals surface area (Å²) in [7, 11) is 1.53. The summed E-state index contributed by atoms with van der Waals surface area (Å²) in [6.45, 7) is 0.262. The summed E-state index contributed by atoms with van der Waals surface area (Å²) in [4.78, 5) is 0. The van der Waals surface area contributed by atoms with Gasteiger partial charge in [0.1, 0.15) is 0 Å². The number of methoxy groups -OCH3 is 1. The quantitative estimate of drug-likeness (QED) is 0.882. The zero-order chi connectivity index (χ0) is 12.5. The molecule has 3 rings (SSSR count). The van der Waals surface area contributed by atoms with Gasteiger partial charge in [0.15, 0.2) is 23.0 Å². The molecule has 0 saturated carbocycles. The number of hydrogen-bond acceptors (Lipinski definition) is 4. The number of ether oxygens (including phenoxy) is 3. The molecule has 2 aromatic carbocycles. The summed E-state index contributed by atoms with van der Waals surface area (Å²) in [5.41, 5.74) is 1.93. The maximum absolute atomic E-state index is 9.57. The number of benzene rings is 2. The molecule has 1 N–H and O–H groups in total. The smallest absolute Gasteiger partial charge is 0.231 e. The number of aromatic hydroxyl groups is 1. The predicted molar refractivity (Wildman–Crippen MR) is 66.2 cm³/mol. The van der Waals surface area contributed by atoms with Crippen molar-refractivity contribution in [2.75, 3.05) is 13.9 Å². The molecule has 0 unspecified atom stereocenters. The van der Waals surface area contributed by atoms with Gasteiger partial charge < -0.3 is 19.3 Å². The highest BCUT2D eigenvalue weighted by molar-refractivity contribution is 5.70. The summed E-state index contributed by atoms with van der Waals surface area (Å²) >= 11 is 0. The fraction of sp³-hybridized carbons (Fsp3) is 0.143. The second kappa shape index (κ2) is 4.14. The van der Waals surface area contributed by atoms with E-state index in [4.69, 9.17) is 14.2 Å². The number of phenols is 1. The van der Waals surface area contributed by atoms with Crippen LogP contribution in [0.15, 0.2) is 36.4 Å². The fourth-order valence-corrected chi connectivity index (χ4v) is 1.93. The van der Waals surface area contributed by atoms with E-state index < -0.39 is 0 Å². The Kier molecular flexibility index (Phi) is 2.48. The van der Waals surface area contributed by atoms with E-state index in [1.807, 2.05) is 24.3 Å². The molecule has 1 aliphatic rings. The number of rotatable bonds is 2. The number of hydrogen-bond donors (Lipinski definition) is 1. The number of fused-ring (bicyclic) bond motifs is 1. The highest BCUT2D eigenvalue weighted by atomic mass is 16.7. The van der Waals surface area contributed by atoms with E-state index in [0.717, 1.165) is 22.6 Å². The Bertz CT molecular complexity index is 583. The van der Waals surface area contributed by atoms with Crippen LogP contribution < -0.4 is 14.2 Å². The second-order valence-electron chi connectivity index (χ2n) is 3.95. The summed E-state index contributed by atoms with van der Waals surface area (Å²) in [6.07, 6.45) is 0. The minimum Gasteiger partial charge on any atom is -0.504 e. The highest BCUT2D eigenvalue weighted by Crippen LogP contribution is 2.38. The first kappa shape index (κ1) is 10.8. The zero-order valence-electron chi connectivity index (χ0n) is 9.84. The molecule has 1 aliphatic heterocycles. The largest absolute Gasteiger partial charge is 0.504 e. The number of phenolic OH excluding ortho intramolecular Hbond substituents is 1. The molecule has 0 radical (unpaired) electrons. The van der Waals surface area contributed by atoms with Crippen LogP contribution in [0.1, 0.15) is 0 Å². The molecule has 0 saturated heterocycles. The Morgan fingerprint density at radius 1 is 1.00 bits per heavy atom. The molecule has 0 aliphatic carbocycles. The van der Waals surface area contributed by atoms with E-state index in [1.54, 1.807) is 12.1 Å². The van der Waals surface area contributed by atoms with E-state index in [2.05, 4.69) is 0 Å². The first-order valence-electron chi connectivity index (χ1n) is 5.55. The van der Waals surface area contributed by atoms with Crippen LogP contribution in [-0.2, 0) is 0 Å². The third kappa shape index (κ3) is 1.72. The van der Waals surface area contributed by atoms with E-state index in [-0.39, 0.29) is 12.5 Å². The Morgan fingerprint density at radius 2 is 1.72 bits per heavy atom. The first-order chi connectivity index (χ1) is 8.78. The minimum atomic E-state index is 0.127. The van der Waals surface area contributed by atoms with Crippen molar-refractivity contribution in [1.82, 2.24) is 0 Å². The van der Waals surface area contributed by atoms with Gasteiger partial charge in [0.2, 0.25) is 6.79 Å². The topological polar surface area (TPSA) is 47.9 Å². The second-order valence-corrected chi connectivity index (χ2v) is 3.95. The lowest BCUT2D eigenvalue weighted by Crippen LogP contribution is -1.92. The van der Waals surface area contributed by atoms with Crippen LogP contribution in [0.2, 0.25) is 0 Å². The lowest BCUT2D eigenvalue weighted by atomic mass is 10.0. The molecule has 18 heavy (non-hydrogen) atoms. The van der Waals surface area contributed by atoms with Gasteiger partial charge in [0.05, 0.1) is 7.11 Å². The molecule has 0 amide bonds. The van der Waals surface area contributed by atoms with Crippen molar-refractivity contribution in [2.45, 2.75) is 0 Å². The third-order valence-corrected chi connectivity index (χ3v) is 2.89. The molecule has 0 fully saturated rings. The summed E-state index contributed by atoms with van der Waals surface area (Å²) in [5, 5.41) is 9.57. The van der Waals surface area contributed by atoms with Crippen LogP contribution in [0.4, 0.5) is 0 Å². The minimum absolute atomic E-state index is 0.127. The van der Waals surface area contributed by atoms with Crippen molar-refractivity contribution in [1.29, 1.82) is 0 Å². The van der Waals surface area contributed by atoms with Crippen molar-refractivity contribution < 1.29 is 19.3 Å². The molecule has 4 heteroatoms. The summed E-state index contributed by atoms with van der Waals surface area (Å²) in [6, 6.07) is 10.9. The van der Waals surface area contributed by atoms with Crippen LogP contribution in [0.5, 0.6) is 23.0 Å². The van der Waals surface area contributed by atoms with E-state index in [1.165, 1.54) is 7.11 Å². The Hall–Kier alpha value is -2.36. The lowest BCUT2D eigenvalue weighted by molar-refractivity contribution is 0.174. The molecule has 0 bridgehead atoms. The summed E-state index contributed by atoms with van der Waals surface area (Å²) in [5.74, 6) is 2.07. The maximum Gasteiger partial charge on any atom is 0.231 e. The normalized spacial score (nSPS) is 12.5. The van der Waals surface area contributed by atoms with Gasteiger partial charge in [-0.15, -0.1) is 0 Å². The molecule has 1 heterocycles. The van der Waals surface area contributed by atoms with Gasteiger partial charge in [0.25, 0.3) is 0 Å². The molecule has 0 spiro atoms. The molecule has 0 atom stereocenters. The average Bonchev–Trinajstić information content (AvgIpc) is 2.86. The van der Waals surface area contributed by atoms with E-state index in [0.29, 0.717) is 5.75 Å². The molecule has 92 valence electrons. The van der Waals surface area contributed by atoms with Crippen LogP contribution in [-0.4, -0.2) is 19.0 Å². The predicted octanol–water partition coefficient (Wildman–Crippen LogP) is 2.80. The average molecular weight is 244 g/mol. The van der Waals surface area contributed by atoms with Gasteiger partial charge in [-0.25, -0.2) is 0 Å². The van der Waals surface area contributed by atoms with Crippen molar-refractivity contribution >= 4 is 0 Å². The Balaban J connectivity index is 2.04. The zero-order valence-corrected chi connectivity index (χ0v) is 9.84. The fourth-order valence-electron chi connectivity index (χ4n) is 1.93. The Morgan fingerprint density at radius 3 is 2.56 bits per heavy atom. The van der Waals surface area contributed by atoms with Crippen molar-refractivity contribution in [3.8, 4) is 34.1 Å². The van der Waals surface area contributed by atoms with E-state index in [9.17, 15) is 5.11 Å². The van der Waals surface area contributed by atoms with Crippen molar-refractivity contribution in [2.24, 2.45) is 0 Å². The van der Waals surface area contributed by atoms with Crippen LogP contribution in [0.3, 0.4) is 0 Å². The molecule has 4 nitrogen and oxygen atoms in total. The Labute approximate surface area is 104 Å². The van der Waals surface area contributed by atoms with Gasteiger partial charge in [-0.1, -0.05) is 12.1 Å². The van der Waals surface area contributed by atoms with Gasteiger partial charge in [-0.05, 0) is 35.4 Å². The van der Waals surface area contributed by atoms with Crippen LogP contribution in [0.25, 0.3) is 11.1 Å². The standard InChI is InChI=1S/C14H12O4/c1-16-13-6-9(2-4-11(13)15)10-3-5-12-14(7-10)18-8-17-12/h2-7,15H,8H2,1H3. The third-order valence-electron chi connectivity index (χ3n) is 2.89. The molecule has 0 aromatic heterocycles. The molecular formula is C14H12O4. The van der Waals surface area contributed by atoms with Crippen molar-refractivity contribution in [3.63, 3.8) is 0 Å². The maximum atomic E-state index is 9.57. The lowest BCUT2D eigenvalue weighted by Gasteiger charge is -2.07. The van der Waals surface area contributed by atoms with Gasteiger partial charge in [-0.3, -0.25) is 0 Å². The SMILES string of the molecule is COc1cc(-c2ccc3c(c2)OCO3)ccc1O. The highest BCUT2D eigenvalue weighted by Gasteiger charge is 2.14. The van der Waals surface area contributed by atoms with E-state index >= 15 is 0 Å². The molecular weight excluding hydrogens is 232 g/mol. The van der Waals surface area contributed by atoms with Crippen molar-refractivity contribution in [3.05, 3.63) is 36.4 Å². The van der Waals surface area contributed by atoms with Gasteiger partial charge in [-0.2, -0.15) is 0 Å². The van der Waals surface area contributed by atoms with Gasteiger partial charge >= 0.3 is 0 Å². The first-order valence-corrected chi connectivity index (χ1v) is 5.55. The van der Waals surface area contributed by atoms with Crippen LogP contribution >= 0.6 is 0 Å².